The van der Waals surface area contributed by atoms with Crippen molar-refractivity contribution in [2.45, 2.75) is 52.0 Å². The largest absolute Gasteiger partial charge is 0.317 e. The van der Waals surface area contributed by atoms with Crippen molar-refractivity contribution in [1.82, 2.24) is 10.0 Å². The summed E-state index contributed by atoms with van der Waals surface area (Å²) in [6, 6.07) is 0.225. The van der Waals surface area contributed by atoms with Gasteiger partial charge in [0.25, 0.3) is 0 Å². The van der Waals surface area contributed by atoms with Gasteiger partial charge in [0, 0.05) is 6.04 Å². The maximum atomic E-state index is 11.7. The molecule has 0 bridgehead atoms. The van der Waals surface area contributed by atoms with Crippen LogP contribution in [0, 0.1) is 5.92 Å². The molecule has 0 aliphatic heterocycles. The molecule has 0 spiro atoms. The molecule has 4 nitrogen and oxygen atoms in total. The zero-order chi connectivity index (χ0) is 12.7. The Kier molecular flexibility index (Phi) is 6.44. The van der Waals surface area contributed by atoms with Crippen molar-refractivity contribution in [3.8, 4) is 0 Å². The summed E-state index contributed by atoms with van der Waals surface area (Å²) in [5.41, 5.74) is 0. The molecule has 2 unspecified atom stereocenters. The van der Waals surface area contributed by atoms with E-state index in [0.717, 1.165) is 45.2 Å². The van der Waals surface area contributed by atoms with Gasteiger partial charge in [0.15, 0.2) is 0 Å². The smallest absolute Gasteiger partial charge is 0.211 e. The molecule has 1 aliphatic rings. The van der Waals surface area contributed by atoms with Gasteiger partial charge in [-0.3, -0.25) is 0 Å². The first-order chi connectivity index (χ1) is 8.09. The Labute approximate surface area is 106 Å². The van der Waals surface area contributed by atoms with Crippen LogP contribution in [0.15, 0.2) is 0 Å². The topological polar surface area (TPSA) is 58.2 Å². The van der Waals surface area contributed by atoms with Gasteiger partial charge in [-0.15, -0.1) is 0 Å². The molecule has 0 heterocycles. The highest BCUT2D eigenvalue weighted by Gasteiger charge is 2.37. The Morgan fingerprint density at radius 1 is 1.18 bits per heavy atom. The van der Waals surface area contributed by atoms with Gasteiger partial charge in [-0.25, -0.2) is 13.1 Å². The van der Waals surface area contributed by atoms with Crippen LogP contribution >= 0.6 is 0 Å². The first-order valence-corrected chi connectivity index (χ1v) is 8.45. The third-order valence-electron chi connectivity index (χ3n) is 3.22. The molecule has 1 aliphatic carbocycles. The molecular formula is C12H26N2O2S. The molecule has 5 heteroatoms. The monoisotopic (exact) mass is 262 g/mol. The first-order valence-electron chi connectivity index (χ1n) is 6.79. The minimum Gasteiger partial charge on any atom is -0.317 e. The van der Waals surface area contributed by atoms with Crippen LogP contribution in [0.1, 0.15) is 46.0 Å². The second-order valence-electron chi connectivity index (χ2n) is 4.90. The van der Waals surface area contributed by atoms with Gasteiger partial charge in [0.2, 0.25) is 10.0 Å². The molecule has 2 atom stereocenters. The van der Waals surface area contributed by atoms with Gasteiger partial charge in [-0.1, -0.05) is 20.3 Å². The predicted octanol–water partition coefficient (Wildman–Crippen LogP) is 1.48. The Bertz CT molecular complexity index is 304. The fourth-order valence-corrected chi connectivity index (χ4v) is 3.43. The van der Waals surface area contributed by atoms with E-state index in [2.05, 4.69) is 23.9 Å². The summed E-state index contributed by atoms with van der Waals surface area (Å²) >= 11 is 0. The van der Waals surface area contributed by atoms with Crippen molar-refractivity contribution < 1.29 is 8.42 Å². The van der Waals surface area contributed by atoms with E-state index in [0.29, 0.717) is 5.92 Å². The van der Waals surface area contributed by atoms with Gasteiger partial charge in [0.1, 0.15) is 0 Å². The van der Waals surface area contributed by atoms with Crippen molar-refractivity contribution >= 4 is 10.0 Å². The van der Waals surface area contributed by atoms with Gasteiger partial charge in [0.05, 0.1) is 5.75 Å². The molecule has 0 amide bonds. The Balaban J connectivity index is 2.05. The molecule has 17 heavy (non-hydrogen) atoms. The second-order valence-corrected chi connectivity index (χ2v) is 6.78. The summed E-state index contributed by atoms with van der Waals surface area (Å²) in [6.07, 6.45) is 4.90. The lowest BCUT2D eigenvalue weighted by atomic mass is 10.3. The highest BCUT2D eigenvalue weighted by molar-refractivity contribution is 7.89. The summed E-state index contributed by atoms with van der Waals surface area (Å²) < 4.78 is 26.2. The minimum atomic E-state index is -3.03. The Morgan fingerprint density at radius 3 is 2.53 bits per heavy atom. The van der Waals surface area contributed by atoms with Gasteiger partial charge >= 0.3 is 0 Å². The Hall–Kier alpha value is -0.130. The van der Waals surface area contributed by atoms with Gasteiger partial charge < -0.3 is 5.32 Å². The molecule has 0 saturated heterocycles. The highest BCUT2D eigenvalue weighted by atomic mass is 32.2. The second kappa shape index (κ2) is 7.34. The van der Waals surface area contributed by atoms with Crippen LogP contribution < -0.4 is 10.0 Å². The van der Waals surface area contributed by atoms with E-state index < -0.39 is 10.0 Å². The standard InChI is InChI=1S/C12H26N2O2S/c1-3-7-13-8-5-6-9-17(15,16)14-12-10-11(12)4-2/h11-14H,3-10H2,1-2H3. The summed E-state index contributed by atoms with van der Waals surface area (Å²) in [6.45, 7) is 6.18. The van der Waals surface area contributed by atoms with Crippen molar-refractivity contribution in [3.05, 3.63) is 0 Å². The van der Waals surface area contributed by atoms with Crippen LogP contribution in [0.25, 0.3) is 0 Å². The van der Waals surface area contributed by atoms with Gasteiger partial charge in [-0.05, 0) is 44.7 Å². The van der Waals surface area contributed by atoms with Crippen molar-refractivity contribution in [2.75, 3.05) is 18.8 Å². The molecule has 1 rings (SSSR count). The van der Waals surface area contributed by atoms with E-state index in [1.807, 2.05) is 0 Å². The fraction of sp³-hybridized carbons (Fsp3) is 1.00. The predicted molar refractivity (Wildman–Crippen MR) is 71.5 cm³/mol. The quantitative estimate of drug-likeness (QED) is 0.586. The fourth-order valence-electron chi connectivity index (χ4n) is 1.98. The lowest BCUT2D eigenvalue weighted by Gasteiger charge is -2.06. The van der Waals surface area contributed by atoms with E-state index in [1.54, 1.807) is 0 Å². The van der Waals surface area contributed by atoms with Crippen LogP contribution in [-0.4, -0.2) is 33.3 Å². The number of sulfonamides is 1. The summed E-state index contributed by atoms with van der Waals surface area (Å²) in [7, 11) is -3.03. The van der Waals surface area contributed by atoms with E-state index >= 15 is 0 Å². The zero-order valence-electron chi connectivity index (χ0n) is 11.0. The third-order valence-corrected chi connectivity index (χ3v) is 4.71. The molecule has 0 aromatic heterocycles. The van der Waals surface area contributed by atoms with Crippen molar-refractivity contribution in [3.63, 3.8) is 0 Å². The SMILES string of the molecule is CCCNCCCCS(=O)(=O)NC1CC1CC. The number of hydrogen-bond donors (Lipinski definition) is 2. The van der Waals surface area contributed by atoms with Crippen LogP contribution in [0.3, 0.4) is 0 Å². The molecular weight excluding hydrogens is 236 g/mol. The minimum absolute atomic E-state index is 0.225. The summed E-state index contributed by atoms with van der Waals surface area (Å²) in [4.78, 5) is 0. The molecule has 0 aromatic rings. The lowest BCUT2D eigenvalue weighted by Crippen LogP contribution is -2.29. The Morgan fingerprint density at radius 2 is 1.94 bits per heavy atom. The zero-order valence-corrected chi connectivity index (χ0v) is 11.9. The summed E-state index contributed by atoms with van der Waals surface area (Å²) in [5, 5.41) is 3.28. The molecule has 102 valence electrons. The highest BCUT2D eigenvalue weighted by Crippen LogP contribution is 2.33. The maximum absolute atomic E-state index is 11.7. The van der Waals surface area contributed by atoms with E-state index in [4.69, 9.17) is 0 Å². The molecule has 0 radical (unpaired) electrons. The van der Waals surface area contributed by atoms with Crippen molar-refractivity contribution in [2.24, 2.45) is 5.92 Å². The van der Waals surface area contributed by atoms with Crippen LogP contribution in [0.2, 0.25) is 0 Å². The average molecular weight is 262 g/mol. The summed E-state index contributed by atoms with van der Waals surface area (Å²) in [5.74, 6) is 0.851. The number of nitrogens with one attached hydrogen (secondary N) is 2. The third kappa shape index (κ3) is 6.38. The molecule has 1 fully saturated rings. The normalized spacial score (nSPS) is 23.9. The van der Waals surface area contributed by atoms with Crippen LogP contribution in [0.5, 0.6) is 0 Å². The van der Waals surface area contributed by atoms with Crippen molar-refractivity contribution in [1.29, 1.82) is 0 Å². The first kappa shape index (κ1) is 14.9. The van der Waals surface area contributed by atoms with Crippen LogP contribution in [-0.2, 0) is 10.0 Å². The van der Waals surface area contributed by atoms with E-state index in [-0.39, 0.29) is 11.8 Å². The number of rotatable bonds is 10. The number of hydrogen-bond acceptors (Lipinski definition) is 3. The lowest BCUT2D eigenvalue weighted by molar-refractivity contribution is 0.568. The number of unbranched alkanes of at least 4 members (excludes halogenated alkanes) is 1. The van der Waals surface area contributed by atoms with Gasteiger partial charge in [-0.2, -0.15) is 0 Å². The molecule has 0 aromatic carbocycles. The van der Waals surface area contributed by atoms with E-state index in [9.17, 15) is 8.42 Å². The average Bonchev–Trinajstić information content (AvgIpc) is 3.00. The van der Waals surface area contributed by atoms with Crippen LogP contribution in [0.4, 0.5) is 0 Å². The maximum Gasteiger partial charge on any atom is 0.211 e. The van der Waals surface area contributed by atoms with E-state index in [1.165, 1.54) is 0 Å². The molecule has 1 saturated carbocycles. The molecule has 2 N–H and O–H groups in total.